The number of thioether (sulfide) groups is 1. The van der Waals surface area contributed by atoms with E-state index in [9.17, 15) is 4.39 Å². The molecule has 1 aromatic carbocycles. The Morgan fingerprint density at radius 2 is 2.00 bits per heavy atom. The van der Waals surface area contributed by atoms with Crippen LogP contribution in [0, 0.1) is 5.82 Å². The van der Waals surface area contributed by atoms with Gasteiger partial charge in [0.25, 0.3) is 0 Å². The zero-order chi connectivity index (χ0) is 15.0. The lowest BCUT2D eigenvalue weighted by molar-refractivity contribution is -0.0726. The molecule has 1 N–H and O–H groups in total. The molecule has 4 rings (SSSR count). The van der Waals surface area contributed by atoms with Crippen molar-refractivity contribution in [1.82, 2.24) is 5.32 Å². The Kier molecular flexibility index (Phi) is 4.18. The van der Waals surface area contributed by atoms with Crippen LogP contribution in [-0.2, 0) is 4.74 Å². The topological polar surface area (TPSA) is 21.3 Å². The van der Waals surface area contributed by atoms with E-state index in [1.54, 1.807) is 12.1 Å². The van der Waals surface area contributed by atoms with E-state index in [1.165, 1.54) is 42.8 Å². The Morgan fingerprint density at radius 1 is 1.18 bits per heavy atom. The predicted molar refractivity (Wildman–Crippen MR) is 88.9 cm³/mol. The van der Waals surface area contributed by atoms with Crippen molar-refractivity contribution in [3.05, 3.63) is 35.6 Å². The van der Waals surface area contributed by atoms with Gasteiger partial charge in [0.15, 0.2) is 0 Å². The van der Waals surface area contributed by atoms with Crippen LogP contribution in [0.4, 0.5) is 4.39 Å². The maximum Gasteiger partial charge on any atom is 0.123 e. The Bertz CT molecular complexity index is 508. The molecule has 4 heteroatoms. The van der Waals surface area contributed by atoms with Crippen LogP contribution in [0.5, 0.6) is 0 Å². The minimum Gasteiger partial charge on any atom is -0.374 e. The number of hydrogen-bond donors (Lipinski definition) is 1. The zero-order valence-electron chi connectivity index (χ0n) is 12.9. The van der Waals surface area contributed by atoms with Crippen LogP contribution in [0.25, 0.3) is 0 Å². The highest BCUT2D eigenvalue weighted by molar-refractivity contribution is 7.99. The highest BCUT2D eigenvalue weighted by atomic mass is 32.2. The Hall–Kier alpha value is -0.580. The van der Waals surface area contributed by atoms with Crippen LogP contribution in [0.2, 0.25) is 0 Å². The molecule has 0 bridgehead atoms. The van der Waals surface area contributed by atoms with Crippen molar-refractivity contribution in [3.8, 4) is 0 Å². The third-order valence-corrected chi connectivity index (χ3v) is 6.73. The highest BCUT2D eigenvalue weighted by Gasteiger charge is 2.41. The number of rotatable bonds is 3. The van der Waals surface area contributed by atoms with Crippen LogP contribution in [-0.4, -0.2) is 35.8 Å². The fourth-order valence-corrected chi connectivity index (χ4v) is 5.51. The lowest BCUT2D eigenvalue weighted by atomic mass is 9.75. The first kappa shape index (κ1) is 15.0. The molecule has 1 saturated carbocycles. The van der Waals surface area contributed by atoms with E-state index in [4.69, 9.17) is 4.74 Å². The molecular formula is C18H24FNOS. The molecule has 120 valence electrons. The van der Waals surface area contributed by atoms with Crippen LogP contribution >= 0.6 is 11.8 Å². The van der Waals surface area contributed by atoms with Crippen LogP contribution in [0.1, 0.15) is 43.6 Å². The fraction of sp³-hybridized carbons (Fsp3) is 0.667. The molecule has 3 fully saturated rings. The third kappa shape index (κ3) is 3.06. The largest absolute Gasteiger partial charge is 0.374 e. The molecule has 2 atom stereocenters. The van der Waals surface area contributed by atoms with E-state index in [-0.39, 0.29) is 11.4 Å². The highest BCUT2D eigenvalue weighted by Crippen LogP contribution is 2.41. The van der Waals surface area contributed by atoms with Crippen molar-refractivity contribution in [3.63, 3.8) is 0 Å². The number of ether oxygens (including phenoxy) is 1. The second kappa shape index (κ2) is 6.14. The molecule has 22 heavy (non-hydrogen) atoms. The fourth-order valence-electron chi connectivity index (χ4n) is 4.13. The van der Waals surface area contributed by atoms with Gasteiger partial charge in [-0.15, -0.1) is 0 Å². The number of benzene rings is 1. The molecule has 2 nitrogen and oxygen atoms in total. The van der Waals surface area contributed by atoms with Gasteiger partial charge in [-0.25, -0.2) is 4.39 Å². The summed E-state index contributed by atoms with van der Waals surface area (Å²) in [5, 5.41) is 3.85. The van der Waals surface area contributed by atoms with Gasteiger partial charge in [0.1, 0.15) is 5.82 Å². The average Bonchev–Trinajstić information content (AvgIpc) is 2.92. The van der Waals surface area contributed by atoms with E-state index in [0.717, 1.165) is 13.0 Å². The number of nitrogens with one attached hydrogen (secondary N) is 1. The van der Waals surface area contributed by atoms with Crippen molar-refractivity contribution < 1.29 is 9.13 Å². The smallest absolute Gasteiger partial charge is 0.123 e. The molecule has 1 aromatic rings. The summed E-state index contributed by atoms with van der Waals surface area (Å²) in [5.74, 6) is 2.89. The van der Waals surface area contributed by atoms with E-state index in [2.05, 4.69) is 5.32 Å². The second-order valence-corrected chi connectivity index (χ2v) is 8.21. The quantitative estimate of drug-likeness (QED) is 0.917. The summed E-state index contributed by atoms with van der Waals surface area (Å²) in [6.07, 6.45) is 5.91. The minimum atomic E-state index is -0.139. The normalized spacial score (nSPS) is 38.1. The van der Waals surface area contributed by atoms with Gasteiger partial charge >= 0.3 is 0 Å². The van der Waals surface area contributed by atoms with Crippen molar-refractivity contribution in [1.29, 1.82) is 0 Å². The number of halogens is 1. The van der Waals surface area contributed by atoms with Gasteiger partial charge < -0.3 is 10.1 Å². The maximum absolute atomic E-state index is 13.0. The SMILES string of the molecule is Fc1ccc(C2CC(N[C@H]3CCO[C@]4(CCSC4)C3)C2)cc1. The Balaban J connectivity index is 1.28. The van der Waals surface area contributed by atoms with Crippen molar-refractivity contribution in [2.45, 2.75) is 55.7 Å². The van der Waals surface area contributed by atoms with E-state index in [0.29, 0.717) is 18.0 Å². The van der Waals surface area contributed by atoms with Crippen molar-refractivity contribution >= 4 is 11.8 Å². The van der Waals surface area contributed by atoms with E-state index < -0.39 is 0 Å². The molecule has 0 radical (unpaired) electrons. The first-order chi connectivity index (χ1) is 10.7. The summed E-state index contributed by atoms with van der Waals surface area (Å²) in [5.41, 5.74) is 1.45. The standard InChI is InChI=1S/C18H24FNOS/c19-15-3-1-13(2-4-15)14-9-17(10-14)20-16-5-7-21-18(11-16)6-8-22-12-18/h1-4,14,16-17,20H,5-12H2/t14?,16-,17?,18+/m0/s1. The van der Waals surface area contributed by atoms with E-state index in [1.807, 2.05) is 23.9 Å². The first-order valence-electron chi connectivity index (χ1n) is 8.46. The van der Waals surface area contributed by atoms with Crippen LogP contribution in [0.3, 0.4) is 0 Å². The van der Waals surface area contributed by atoms with Gasteiger partial charge in [0, 0.05) is 24.4 Å². The number of hydrogen-bond acceptors (Lipinski definition) is 3. The van der Waals surface area contributed by atoms with Gasteiger partial charge in [-0.05, 0) is 61.5 Å². The van der Waals surface area contributed by atoms with Gasteiger partial charge in [-0.1, -0.05) is 12.1 Å². The summed E-state index contributed by atoms with van der Waals surface area (Å²) in [6.45, 7) is 0.909. The molecular weight excluding hydrogens is 297 g/mol. The molecule has 2 aliphatic heterocycles. The molecule has 1 spiro atoms. The Morgan fingerprint density at radius 3 is 2.73 bits per heavy atom. The average molecular weight is 321 g/mol. The van der Waals surface area contributed by atoms with Crippen LogP contribution in [0.15, 0.2) is 24.3 Å². The second-order valence-electron chi connectivity index (χ2n) is 7.11. The van der Waals surface area contributed by atoms with Crippen molar-refractivity contribution in [2.24, 2.45) is 0 Å². The summed E-state index contributed by atoms with van der Waals surface area (Å²) < 4.78 is 19.1. The van der Waals surface area contributed by atoms with Crippen molar-refractivity contribution in [2.75, 3.05) is 18.1 Å². The van der Waals surface area contributed by atoms with Crippen LogP contribution < -0.4 is 5.32 Å². The molecule has 0 unspecified atom stereocenters. The molecule has 2 heterocycles. The molecule has 1 aliphatic carbocycles. The summed E-state index contributed by atoms with van der Waals surface area (Å²) >= 11 is 2.04. The summed E-state index contributed by atoms with van der Waals surface area (Å²) in [4.78, 5) is 0. The molecule has 0 aromatic heterocycles. The monoisotopic (exact) mass is 321 g/mol. The molecule has 0 amide bonds. The zero-order valence-corrected chi connectivity index (χ0v) is 13.7. The summed E-state index contributed by atoms with van der Waals surface area (Å²) in [7, 11) is 0. The maximum atomic E-state index is 13.0. The lowest BCUT2D eigenvalue weighted by Gasteiger charge is -2.43. The van der Waals surface area contributed by atoms with Gasteiger partial charge in [0.05, 0.1) is 5.60 Å². The van der Waals surface area contributed by atoms with Gasteiger partial charge in [-0.2, -0.15) is 11.8 Å². The summed E-state index contributed by atoms with van der Waals surface area (Å²) in [6, 6.07) is 8.28. The third-order valence-electron chi connectivity index (χ3n) is 5.51. The molecule has 3 aliphatic rings. The lowest BCUT2D eigenvalue weighted by Crippen LogP contribution is -2.52. The Labute approximate surface area is 136 Å². The van der Waals surface area contributed by atoms with E-state index >= 15 is 0 Å². The van der Waals surface area contributed by atoms with Gasteiger partial charge in [-0.3, -0.25) is 0 Å². The first-order valence-corrected chi connectivity index (χ1v) is 9.61. The van der Waals surface area contributed by atoms with Gasteiger partial charge in [0.2, 0.25) is 0 Å². The minimum absolute atomic E-state index is 0.139. The predicted octanol–water partition coefficient (Wildman–Crippen LogP) is 3.72. The molecule has 2 saturated heterocycles.